The molecule has 0 radical (unpaired) electrons. The molecule has 2 aromatic rings. The minimum absolute atomic E-state index is 0.643. The van der Waals surface area contributed by atoms with Gasteiger partial charge >= 0.3 is 0 Å². The second-order valence-corrected chi connectivity index (χ2v) is 5.95. The fourth-order valence-electron chi connectivity index (χ4n) is 1.65. The van der Waals surface area contributed by atoms with Crippen LogP contribution in [0.1, 0.15) is 0 Å². The molecule has 0 unspecified atom stereocenters. The quantitative estimate of drug-likeness (QED) is 0.723. The van der Waals surface area contributed by atoms with Crippen molar-refractivity contribution >= 4 is 52.5 Å². The van der Waals surface area contributed by atoms with Crippen LogP contribution in [0.15, 0.2) is 38.8 Å². The molecule has 0 aliphatic carbocycles. The third-order valence-corrected chi connectivity index (χ3v) is 4.79. The molecule has 1 aromatic carbocycles. The Morgan fingerprint density at radius 1 is 1.25 bits per heavy atom. The summed E-state index contributed by atoms with van der Waals surface area (Å²) in [4.78, 5) is 13.9. The molecule has 0 N–H and O–H groups in total. The van der Waals surface area contributed by atoms with Crippen molar-refractivity contribution in [2.75, 3.05) is 4.90 Å². The number of carbonyl (C=O) groups is 1. The number of amides is 1. The van der Waals surface area contributed by atoms with E-state index in [9.17, 15) is 4.79 Å². The zero-order chi connectivity index (χ0) is 11.1. The summed E-state index contributed by atoms with van der Waals surface area (Å²) in [5, 5.41) is 2.63. The Labute approximate surface area is 106 Å². The van der Waals surface area contributed by atoms with Crippen molar-refractivity contribution < 1.29 is 4.79 Å². The van der Waals surface area contributed by atoms with Crippen LogP contribution in [0.25, 0.3) is 0 Å². The van der Waals surface area contributed by atoms with Crippen molar-refractivity contribution in [1.29, 1.82) is 0 Å². The number of anilines is 2. The number of hydrogen-bond donors (Lipinski definition) is 0. The van der Waals surface area contributed by atoms with Gasteiger partial charge in [-0.25, -0.2) is 0 Å². The molecule has 0 saturated heterocycles. The molecule has 2 heterocycles. The van der Waals surface area contributed by atoms with E-state index >= 15 is 0 Å². The van der Waals surface area contributed by atoms with E-state index in [1.54, 1.807) is 28.0 Å². The van der Waals surface area contributed by atoms with Crippen LogP contribution in [0.2, 0.25) is 5.02 Å². The minimum Gasteiger partial charge on any atom is -0.280 e. The van der Waals surface area contributed by atoms with E-state index in [0.717, 1.165) is 26.9 Å². The van der Waals surface area contributed by atoms with Gasteiger partial charge < -0.3 is 0 Å². The van der Waals surface area contributed by atoms with Crippen LogP contribution in [0, 0.1) is 0 Å². The Morgan fingerprint density at radius 2 is 2.12 bits per heavy atom. The minimum atomic E-state index is 0.643. The Kier molecular flexibility index (Phi) is 2.42. The van der Waals surface area contributed by atoms with Crippen LogP contribution in [-0.4, -0.2) is 6.41 Å². The Balaban J connectivity index is 2.22. The smallest absolute Gasteiger partial charge is 0.218 e. The van der Waals surface area contributed by atoms with E-state index in [4.69, 9.17) is 11.6 Å². The molecule has 0 spiro atoms. The zero-order valence-corrected chi connectivity index (χ0v) is 10.4. The lowest BCUT2D eigenvalue weighted by molar-refractivity contribution is -0.106. The van der Waals surface area contributed by atoms with Gasteiger partial charge in [0.25, 0.3) is 0 Å². The van der Waals surface area contributed by atoms with Gasteiger partial charge in [0.05, 0.1) is 15.6 Å². The van der Waals surface area contributed by atoms with Gasteiger partial charge in [0, 0.05) is 9.92 Å². The molecule has 5 heteroatoms. The molecule has 80 valence electrons. The third kappa shape index (κ3) is 1.45. The number of halogens is 1. The van der Waals surface area contributed by atoms with Gasteiger partial charge in [0.15, 0.2) is 0 Å². The van der Waals surface area contributed by atoms with Crippen molar-refractivity contribution in [3.8, 4) is 0 Å². The van der Waals surface area contributed by atoms with Crippen molar-refractivity contribution in [1.82, 2.24) is 0 Å². The molecule has 0 fully saturated rings. The maximum absolute atomic E-state index is 11.2. The molecule has 0 saturated carbocycles. The Hall–Kier alpha value is -0.970. The summed E-state index contributed by atoms with van der Waals surface area (Å²) in [6, 6.07) is 7.56. The Bertz CT molecular complexity index is 567. The van der Waals surface area contributed by atoms with Crippen LogP contribution in [0.4, 0.5) is 11.4 Å². The summed E-state index contributed by atoms with van der Waals surface area (Å²) < 4.78 is 1.14. The van der Waals surface area contributed by atoms with E-state index < -0.39 is 0 Å². The number of thiophene rings is 1. The van der Waals surface area contributed by atoms with Crippen LogP contribution < -0.4 is 4.90 Å². The average Bonchev–Trinajstić information content (AvgIpc) is 2.73. The summed E-state index contributed by atoms with van der Waals surface area (Å²) in [5.74, 6) is 0. The first-order valence-electron chi connectivity index (χ1n) is 4.59. The van der Waals surface area contributed by atoms with Gasteiger partial charge in [-0.3, -0.25) is 9.69 Å². The van der Waals surface area contributed by atoms with Gasteiger partial charge in [-0.2, -0.15) is 0 Å². The largest absolute Gasteiger partial charge is 0.280 e. The highest BCUT2D eigenvalue weighted by Gasteiger charge is 2.24. The van der Waals surface area contributed by atoms with Crippen molar-refractivity contribution in [2.24, 2.45) is 0 Å². The topological polar surface area (TPSA) is 20.3 Å². The molecule has 3 rings (SSSR count). The van der Waals surface area contributed by atoms with Gasteiger partial charge in [0.1, 0.15) is 0 Å². The number of fused-ring (bicyclic) bond motifs is 2. The second-order valence-electron chi connectivity index (χ2n) is 3.28. The normalized spacial score (nSPS) is 13.2. The van der Waals surface area contributed by atoms with Gasteiger partial charge in [-0.05, 0) is 29.6 Å². The first kappa shape index (κ1) is 10.2. The maximum atomic E-state index is 11.2. The number of nitrogens with zero attached hydrogens (tertiary/aromatic N) is 1. The van der Waals surface area contributed by atoms with Crippen LogP contribution in [0.3, 0.4) is 0 Å². The number of carbonyl (C=O) groups excluding carboxylic acids is 1. The first-order valence-corrected chi connectivity index (χ1v) is 6.66. The molecule has 16 heavy (non-hydrogen) atoms. The third-order valence-electron chi connectivity index (χ3n) is 2.36. The molecule has 2 nitrogen and oxygen atoms in total. The highest BCUT2D eigenvalue weighted by Crippen LogP contribution is 2.50. The lowest BCUT2D eigenvalue weighted by Crippen LogP contribution is -2.17. The molecule has 1 aliphatic heterocycles. The van der Waals surface area contributed by atoms with Gasteiger partial charge in [-0.1, -0.05) is 23.4 Å². The summed E-state index contributed by atoms with van der Waals surface area (Å²) in [6.45, 7) is 0. The van der Waals surface area contributed by atoms with E-state index in [1.165, 1.54) is 0 Å². The SMILES string of the molecule is O=CN1c2cc(Cl)ccc2Sc2sccc21. The van der Waals surface area contributed by atoms with E-state index in [1.807, 2.05) is 29.6 Å². The molecule has 1 amide bonds. The van der Waals surface area contributed by atoms with E-state index in [0.29, 0.717) is 5.02 Å². The number of rotatable bonds is 1. The van der Waals surface area contributed by atoms with Crippen molar-refractivity contribution in [3.63, 3.8) is 0 Å². The monoisotopic (exact) mass is 267 g/mol. The molecule has 1 aromatic heterocycles. The molecular weight excluding hydrogens is 262 g/mol. The summed E-state index contributed by atoms with van der Waals surface area (Å²) in [6.07, 6.45) is 0.834. The van der Waals surface area contributed by atoms with Crippen molar-refractivity contribution in [2.45, 2.75) is 9.10 Å². The lowest BCUT2D eigenvalue weighted by atomic mass is 10.2. The fraction of sp³-hybridized carbons (Fsp3) is 0. The number of hydrogen-bond acceptors (Lipinski definition) is 3. The van der Waals surface area contributed by atoms with Gasteiger partial charge in [0.2, 0.25) is 6.41 Å². The first-order chi connectivity index (χ1) is 7.79. The fourth-order valence-corrected chi connectivity index (χ4v) is 3.92. The summed E-state index contributed by atoms with van der Waals surface area (Å²) >= 11 is 9.27. The molecular formula is C11H6ClNOS2. The zero-order valence-electron chi connectivity index (χ0n) is 8.01. The highest BCUT2D eigenvalue weighted by atomic mass is 35.5. The molecule has 0 atom stereocenters. The molecule has 1 aliphatic rings. The summed E-state index contributed by atoms with van der Waals surface area (Å²) in [5.41, 5.74) is 1.80. The summed E-state index contributed by atoms with van der Waals surface area (Å²) in [7, 11) is 0. The highest BCUT2D eigenvalue weighted by molar-refractivity contribution is 8.01. The van der Waals surface area contributed by atoms with Crippen molar-refractivity contribution in [3.05, 3.63) is 34.7 Å². The predicted molar refractivity (Wildman–Crippen MR) is 68.1 cm³/mol. The van der Waals surface area contributed by atoms with Crippen LogP contribution in [0.5, 0.6) is 0 Å². The predicted octanol–water partition coefficient (Wildman–Crippen LogP) is 4.16. The lowest BCUT2D eigenvalue weighted by Gasteiger charge is -2.25. The maximum Gasteiger partial charge on any atom is 0.218 e. The van der Waals surface area contributed by atoms with Crippen LogP contribution >= 0.6 is 34.7 Å². The standard InChI is InChI=1S/C11H6ClNOS2/c12-7-1-2-10-9(5-7)13(6-14)8-3-4-15-11(8)16-10/h1-6H. The average molecular weight is 268 g/mol. The molecule has 0 bridgehead atoms. The van der Waals surface area contributed by atoms with Crippen LogP contribution in [-0.2, 0) is 4.79 Å². The number of benzene rings is 1. The Morgan fingerprint density at radius 3 is 2.94 bits per heavy atom. The second kappa shape index (κ2) is 3.80. The van der Waals surface area contributed by atoms with E-state index in [2.05, 4.69) is 0 Å². The van der Waals surface area contributed by atoms with Gasteiger partial charge in [-0.15, -0.1) is 11.3 Å². The van der Waals surface area contributed by atoms with E-state index in [-0.39, 0.29) is 0 Å².